The van der Waals surface area contributed by atoms with Gasteiger partial charge in [-0.1, -0.05) is 42.5 Å². The van der Waals surface area contributed by atoms with Gasteiger partial charge in [0, 0.05) is 6.61 Å². The van der Waals surface area contributed by atoms with E-state index in [1.807, 2.05) is 36.4 Å². The van der Waals surface area contributed by atoms with Gasteiger partial charge in [-0.3, -0.25) is 0 Å². The molecule has 0 radical (unpaired) electrons. The second-order valence-corrected chi connectivity index (χ2v) is 4.41. The molecule has 98 valence electrons. The fourth-order valence-corrected chi connectivity index (χ4v) is 1.95. The highest BCUT2D eigenvalue weighted by molar-refractivity contribution is 5.20. The summed E-state index contributed by atoms with van der Waals surface area (Å²) in [5.41, 5.74) is 0.891. The van der Waals surface area contributed by atoms with Gasteiger partial charge in [-0.15, -0.1) is 0 Å². The van der Waals surface area contributed by atoms with E-state index >= 15 is 0 Å². The Morgan fingerprint density at radius 2 is 2.17 bits per heavy atom. The molecule has 1 fully saturated rings. The zero-order valence-corrected chi connectivity index (χ0v) is 10.5. The molecular weight excluding hydrogens is 228 g/mol. The average Bonchev–Trinajstić information content (AvgIpc) is 2.45. The van der Waals surface area contributed by atoms with Crippen LogP contribution in [0.3, 0.4) is 0 Å². The van der Waals surface area contributed by atoms with Gasteiger partial charge in [-0.05, 0) is 24.8 Å². The summed E-state index contributed by atoms with van der Waals surface area (Å²) >= 11 is 0. The van der Waals surface area contributed by atoms with Gasteiger partial charge in [-0.2, -0.15) is 0 Å². The Hall–Kier alpha value is -1.16. The van der Waals surface area contributed by atoms with Crippen LogP contribution in [0.5, 0.6) is 0 Å². The maximum Gasteiger partial charge on any atom is 0.157 e. The Labute approximate surface area is 108 Å². The van der Waals surface area contributed by atoms with E-state index in [1.165, 1.54) is 6.42 Å². The molecule has 1 heterocycles. The van der Waals surface area contributed by atoms with Gasteiger partial charge in [0.15, 0.2) is 6.29 Å². The van der Waals surface area contributed by atoms with Crippen LogP contribution < -0.4 is 0 Å². The predicted molar refractivity (Wildman–Crippen MR) is 70.1 cm³/mol. The van der Waals surface area contributed by atoms with E-state index in [0.29, 0.717) is 6.61 Å². The van der Waals surface area contributed by atoms with Gasteiger partial charge < -0.3 is 14.6 Å². The van der Waals surface area contributed by atoms with Crippen molar-refractivity contribution in [2.24, 2.45) is 0 Å². The first-order valence-corrected chi connectivity index (χ1v) is 6.49. The normalized spacial score (nSPS) is 22.2. The summed E-state index contributed by atoms with van der Waals surface area (Å²) in [5.74, 6) is 0. The van der Waals surface area contributed by atoms with Crippen molar-refractivity contribution in [2.45, 2.75) is 31.7 Å². The van der Waals surface area contributed by atoms with Crippen molar-refractivity contribution < 1.29 is 14.6 Å². The van der Waals surface area contributed by atoms with E-state index < -0.39 is 6.10 Å². The second-order valence-electron chi connectivity index (χ2n) is 4.41. The van der Waals surface area contributed by atoms with Crippen molar-refractivity contribution in [3.63, 3.8) is 0 Å². The summed E-state index contributed by atoms with van der Waals surface area (Å²) in [7, 11) is 0. The Bertz CT molecular complexity index is 355. The highest BCUT2D eigenvalue weighted by atomic mass is 16.7. The lowest BCUT2D eigenvalue weighted by Gasteiger charge is -2.21. The summed E-state index contributed by atoms with van der Waals surface area (Å²) in [4.78, 5) is 0. The smallest absolute Gasteiger partial charge is 0.157 e. The molecule has 1 N–H and O–H groups in total. The van der Waals surface area contributed by atoms with E-state index in [4.69, 9.17) is 9.47 Å². The molecule has 0 bridgehead atoms. The fourth-order valence-electron chi connectivity index (χ4n) is 1.95. The number of aliphatic hydroxyl groups is 1. The molecule has 3 nitrogen and oxygen atoms in total. The van der Waals surface area contributed by atoms with Crippen LogP contribution in [0.25, 0.3) is 0 Å². The highest BCUT2D eigenvalue weighted by Crippen LogP contribution is 2.15. The predicted octanol–water partition coefficient (Wildman–Crippen LogP) is 2.82. The summed E-state index contributed by atoms with van der Waals surface area (Å²) < 4.78 is 11.0. The number of hydrogen-bond donors (Lipinski definition) is 1. The van der Waals surface area contributed by atoms with Crippen molar-refractivity contribution in [3.8, 4) is 0 Å². The zero-order valence-electron chi connectivity index (χ0n) is 10.5. The van der Waals surface area contributed by atoms with Crippen molar-refractivity contribution >= 4 is 0 Å². The van der Waals surface area contributed by atoms with Gasteiger partial charge in [0.25, 0.3) is 0 Å². The second kappa shape index (κ2) is 7.31. The largest absolute Gasteiger partial charge is 0.384 e. The van der Waals surface area contributed by atoms with E-state index in [-0.39, 0.29) is 6.29 Å². The number of aliphatic hydroxyl groups excluding tert-OH is 1. The monoisotopic (exact) mass is 248 g/mol. The van der Waals surface area contributed by atoms with E-state index in [1.54, 1.807) is 6.08 Å². The van der Waals surface area contributed by atoms with Crippen LogP contribution in [0.1, 0.15) is 30.9 Å². The number of benzene rings is 1. The third-order valence-electron chi connectivity index (χ3n) is 2.98. The van der Waals surface area contributed by atoms with Crippen molar-refractivity contribution in [2.75, 3.05) is 13.2 Å². The molecule has 1 saturated heterocycles. The van der Waals surface area contributed by atoms with Crippen molar-refractivity contribution in [1.82, 2.24) is 0 Å². The van der Waals surface area contributed by atoms with Gasteiger partial charge in [0.1, 0.15) is 0 Å². The molecule has 2 unspecified atom stereocenters. The minimum absolute atomic E-state index is 0.0720. The van der Waals surface area contributed by atoms with Crippen LogP contribution in [-0.2, 0) is 9.47 Å². The van der Waals surface area contributed by atoms with Crippen LogP contribution >= 0.6 is 0 Å². The summed E-state index contributed by atoms with van der Waals surface area (Å²) in [6.45, 7) is 1.27. The van der Waals surface area contributed by atoms with Gasteiger partial charge in [-0.25, -0.2) is 0 Å². The standard InChI is InChI=1S/C15H20O3/c16-14(13-7-2-1-3-8-13)9-6-12-18-15-10-4-5-11-17-15/h1-3,6-9,14-16H,4-5,10-12H2. The van der Waals surface area contributed by atoms with Gasteiger partial charge in [0.05, 0.1) is 12.7 Å². The minimum Gasteiger partial charge on any atom is -0.384 e. The third kappa shape index (κ3) is 4.26. The maximum absolute atomic E-state index is 9.88. The first-order chi connectivity index (χ1) is 8.86. The number of rotatable bonds is 5. The molecule has 0 aromatic heterocycles. The number of hydrogen-bond acceptors (Lipinski definition) is 3. The number of ether oxygens (including phenoxy) is 2. The maximum atomic E-state index is 9.88. The lowest BCUT2D eigenvalue weighted by molar-refractivity contribution is -0.155. The Morgan fingerprint density at radius 3 is 2.89 bits per heavy atom. The molecule has 3 heteroatoms. The molecule has 18 heavy (non-hydrogen) atoms. The highest BCUT2D eigenvalue weighted by Gasteiger charge is 2.12. The molecule has 0 saturated carbocycles. The molecule has 0 aliphatic carbocycles. The molecule has 2 rings (SSSR count). The van der Waals surface area contributed by atoms with Crippen LogP contribution in [0.2, 0.25) is 0 Å². The first kappa shape index (κ1) is 13.3. The van der Waals surface area contributed by atoms with Crippen molar-refractivity contribution in [1.29, 1.82) is 0 Å². The molecule has 2 atom stereocenters. The molecule has 0 amide bonds. The van der Waals surface area contributed by atoms with Gasteiger partial charge in [0.2, 0.25) is 0 Å². The SMILES string of the molecule is OC(C=CCOC1CCCCO1)c1ccccc1. The lowest BCUT2D eigenvalue weighted by Crippen LogP contribution is -2.22. The minimum atomic E-state index is -0.568. The molecule has 0 spiro atoms. The van der Waals surface area contributed by atoms with Crippen LogP contribution in [0.15, 0.2) is 42.5 Å². The summed E-state index contributed by atoms with van der Waals surface area (Å²) in [6.07, 6.45) is 6.21. The Balaban J connectivity index is 1.70. The molecule has 1 aromatic rings. The average molecular weight is 248 g/mol. The van der Waals surface area contributed by atoms with E-state index in [2.05, 4.69) is 0 Å². The van der Waals surface area contributed by atoms with Crippen molar-refractivity contribution in [3.05, 3.63) is 48.0 Å². The van der Waals surface area contributed by atoms with Crippen LogP contribution in [-0.4, -0.2) is 24.6 Å². The third-order valence-corrected chi connectivity index (χ3v) is 2.98. The summed E-state index contributed by atoms with van der Waals surface area (Å²) in [6, 6.07) is 9.57. The molecule has 1 aliphatic rings. The Morgan fingerprint density at radius 1 is 1.33 bits per heavy atom. The fraction of sp³-hybridized carbons (Fsp3) is 0.467. The van der Waals surface area contributed by atoms with E-state index in [9.17, 15) is 5.11 Å². The van der Waals surface area contributed by atoms with Crippen LogP contribution in [0.4, 0.5) is 0 Å². The molecule has 1 aliphatic heterocycles. The summed E-state index contributed by atoms with van der Waals surface area (Å²) in [5, 5.41) is 9.88. The Kier molecular flexibility index (Phi) is 5.39. The molecule has 1 aromatic carbocycles. The first-order valence-electron chi connectivity index (χ1n) is 6.49. The topological polar surface area (TPSA) is 38.7 Å². The van der Waals surface area contributed by atoms with Gasteiger partial charge >= 0.3 is 0 Å². The van der Waals surface area contributed by atoms with Crippen LogP contribution in [0, 0.1) is 0 Å². The zero-order chi connectivity index (χ0) is 12.6. The quantitative estimate of drug-likeness (QED) is 0.814. The lowest BCUT2D eigenvalue weighted by atomic mass is 10.1. The molecular formula is C15H20O3. The van der Waals surface area contributed by atoms with E-state index in [0.717, 1.165) is 25.0 Å².